The summed E-state index contributed by atoms with van der Waals surface area (Å²) in [5.41, 5.74) is 0.125. The van der Waals surface area contributed by atoms with Crippen LogP contribution in [0, 0.1) is 0 Å². The summed E-state index contributed by atoms with van der Waals surface area (Å²) in [5, 5.41) is 0.925. The van der Waals surface area contributed by atoms with Gasteiger partial charge in [0.25, 0.3) is 5.91 Å². The largest absolute Gasteiger partial charge is 0.464 e. The molecule has 1 saturated heterocycles. The quantitative estimate of drug-likeness (QED) is 0.374. The second-order valence-corrected chi connectivity index (χ2v) is 7.26. The summed E-state index contributed by atoms with van der Waals surface area (Å²) in [7, 11) is -1.53. The van der Waals surface area contributed by atoms with Crippen LogP contribution in [0.15, 0.2) is 11.3 Å². The highest BCUT2D eigenvalue weighted by molar-refractivity contribution is 9.09. The number of ether oxygens (including phenoxy) is 2. The third-order valence-corrected chi connectivity index (χ3v) is 6.01. The van der Waals surface area contributed by atoms with Gasteiger partial charge >= 0.3 is 12.1 Å². The van der Waals surface area contributed by atoms with Crippen LogP contribution >= 0.6 is 15.9 Å². The Hall–Kier alpha value is -1.62. The minimum Gasteiger partial charge on any atom is -0.464 e. The van der Waals surface area contributed by atoms with Gasteiger partial charge in [0.05, 0.1) is 20.0 Å². The number of sulfone groups is 1. The molecule has 22 heavy (non-hydrogen) atoms. The van der Waals surface area contributed by atoms with Gasteiger partial charge in [0.2, 0.25) is 0 Å². The number of nitrogens with zero attached hydrogens (tertiary/aromatic N) is 1. The summed E-state index contributed by atoms with van der Waals surface area (Å²) in [6, 6.07) is -1.28. The van der Waals surface area contributed by atoms with Crippen LogP contribution < -0.4 is 5.32 Å². The number of fused-ring (bicyclic) bond motifs is 1. The van der Waals surface area contributed by atoms with Crippen molar-refractivity contribution in [1.29, 1.82) is 0 Å². The van der Waals surface area contributed by atoms with Gasteiger partial charge < -0.3 is 14.8 Å². The molecule has 0 aromatic rings. The number of alkyl halides is 1. The molecule has 1 N–H and O–H groups in total. The number of nitrogens with one attached hydrogen (secondary N) is 1. The van der Waals surface area contributed by atoms with E-state index in [4.69, 9.17) is 0 Å². The normalized spacial score (nSPS) is 26.0. The first-order valence-corrected chi connectivity index (χ1v) is 8.87. The van der Waals surface area contributed by atoms with Crippen LogP contribution in [0.1, 0.15) is 0 Å². The predicted octanol–water partition coefficient (Wildman–Crippen LogP) is -0.870. The molecule has 0 bridgehead atoms. The van der Waals surface area contributed by atoms with Crippen molar-refractivity contribution in [2.75, 3.05) is 25.3 Å². The molecule has 0 aromatic carbocycles. The number of carbonyl (C=O) groups excluding carboxylic acids is 3. The molecule has 2 rings (SSSR count). The summed E-state index contributed by atoms with van der Waals surface area (Å²) in [6.45, 7) is 0. The molecule has 9 nitrogen and oxygen atoms in total. The summed E-state index contributed by atoms with van der Waals surface area (Å²) >= 11 is 3.10. The van der Waals surface area contributed by atoms with E-state index >= 15 is 0 Å². The van der Waals surface area contributed by atoms with Gasteiger partial charge in [-0.25, -0.2) is 18.0 Å². The standard InChI is InChI=1S/C11H13BrN2O7S/c1-20-10(16)7-5(3-12)4-22(18,19)9-6(8(15)14(7)9)13-11(17)21-2/h6,9H,3-4H2,1-2H3,(H,13,17)/t6?,9-/m1/s1. The highest BCUT2D eigenvalue weighted by atomic mass is 79.9. The number of esters is 1. The Balaban J connectivity index is 2.45. The van der Waals surface area contributed by atoms with Crippen molar-refractivity contribution in [2.24, 2.45) is 0 Å². The van der Waals surface area contributed by atoms with Crippen LogP contribution in [0.3, 0.4) is 0 Å². The van der Waals surface area contributed by atoms with E-state index in [2.05, 4.69) is 30.7 Å². The molecule has 0 aromatic heterocycles. The van der Waals surface area contributed by atoms with Crippen molar-refractivity contribution in [2.45, 2.75) is 11.4 Å². The Labute approximate surface area is 134 Å². The molecule has 2 heterocycles. The molecule has 0 aliphatic carbocycles. The lowest BCUT2D eigenvalue weighted by atomic mass is 10.0. The van der Waals surface area contributed by atoms with E-state index < -0.39 is 45.0 Å². The minimum absolute atomic E-state index is 0.0995. The number of rotatable bonds is 3. The van der Waals surface area contributed by atoms with Gasteiger partial charge in [-0.1, -0.05) is 15.9 Å². The highest BCUT2D eigenvalue weighted by Crippen LogP contribution is 2.37. The summed E-state index contributed by atoms with van der Waals surface area (Å²) in [4.78, 5) is 36.1. The van der Waals surface area contributed by atoms with Gasteiger partial charge in [-0.2, -0.15) is 0 Å². The molecule has 0 saturated carbocycles. The number of halogens is 1. The van der Waals surface area contributed by atoms with Crippen LogP contribution in [-0.2, 0) is 28.9 Å². The van der Waals surface area contributed by atoms with Crippen molar-refractivity contribution in [3.05, 3.63) is 11.3 Å². The van der Waals surface area contributed by atoms with Crippen molar-refractivity contribution >= 4 is 43.7 Å². The average molecular weight is 397 g/mol. The van der Waals surface area contributed by atoms with Crippen LogP contribution in [0.5, 0.6) is 0 Å². The third kappa shape index (κ3) is 2.47. The van der Waals surface area contributed by atoms with Gasteiger partial charge in [0.15, 0.2) is 15.2 Å². The van der Waals surface area contributed by atoms with E-state index in [1.165, 1.54) is 0 Å². The van der Waals surface area contributed by atoms with Crippen molar-refractivity contribution in [1.82, 2.24) is 10.2 Å². The summed E-state index contributed by atoms with van der Waals surface area (Å²) < 4.78 is 33.6. The molecule has 1 unspecified atom stereocenters. The number of methoxy groups -OCH3 is 2. The van der Waals surface area contributed by atoms with Crippen LogP contribution in [0.4, 0.5) is 4.79 Å². The van der Waals surface area contributed by atoms with Crippen molar-refractivity contribution in [3.63, 3.8) is 0 Å². The maximum absolute atomic E-state index is 12.3. The second kappa shape index (κ2) is 5.88. The summed E-state index contributed by atoms with van der Waals surface area (Å²) in [5.74, 6) is -1.92. The van der Waals surface area contributed by atoms with Gasteiger partial charge in [-0.15, -0.1) is 0 Å². The lowest BCUT2D eigenvalue weighted by molar-refractivity contribution is -0.150. The number of alkyl carbamates (subject to hydrolysis) is 1. The molecule has 11 heteroatoms. The fourth-order valence-electron chi connectivity index (χ4n) is 2.40. The Kier molecular flexibility index (Phi) is 4.47. The van der Waals surface area contributed by atoms with Crippen molar-refractivity contribution < 1.29 is 32.3 Å². The zero-order valence-electron chi connectivity index (χ0n) is 11.7. The molecule has 122 valence electrons. The number of hydrogen-bond acceptors (Lipinski definition) is 7. The molecule has 2 aliphatic rings. The number of amides is 2. The molecule has 0 radical (unpaired) electrons. The Bertz CT molecular complexity index is 672. The first-order valence-electron chi connectivity index (χ1n) is 6.04. The lowest BCUT2D eigenvalue weighted by Gasteiger charge is -2.48. The Morgan fingerprint density at radius 3 is 2.50 bits per heavy atom. The monoisotopic (exact) mass is 396 g/mol. The van der Waals surface area contributed by atoms with Crippen LogP contribution in [0.2, 0.25) is 0 Å². The molecule has 2 aliphatic heterocycles. The zero-order chi connectivity index (χ0) is 16.7. The van der Waals surface area contributed by atoms with E-state index in [0.29, 0.717) is 0 Å². The fourth-order valence-corrected chi connectivity index (χ4v) is 5.15. The topological polar surface area (TPSA) is 119 Å². The maximum atomic E-state index is 12.3. The summed E-state index contributed by atoms with van der Waals surface area (Å²) in [6.07, 6.45) is -0.928. The van der Waals surface area contributed by atoms with Crippen LogP contribution in [-0.4, -0.2) is 68.0 Å². The first-order chi connectivity index (χ1) is 10.3. The van der Waals surface area contributed by atoms with Gasteiger partial charge in [0, 0.05) is 5.33 Å². The number of carbonyl (C=O) groups is 3. The van der Waals surface area contributed by atoms with E-state index in [9.17, 15) is 22.8 Å². The van der Waals surface area contributed by atoms with Crippen molar-refractivity contribution in [3.8, 4) is 0 Å². The van der Waals surface area contributed by atoms with Gasteiger partial charge in [0.1, 0.15) is 11.7 Å². The van der Waals surface area contributed by atoms with Gasteiger partial charge in [-0.05, 0) is 5.57 Å². The van der Waals surface area contributed by atoms with E-state index in [1.807, 2.05) is 0 Å². The molecular formula is C11H13BrN2O7S. The zero-order valence-corrected chi connectivity index (χ0v) is 14.1. The first kappa shape index (κ1) is 16.7. The number of β-lactam (4-membered cyclic amide) rings is 1. The van der Waals surface area contributed by atoms with E-state index in [1.54, 1.807) is 0 Å². The molecule has 1 fully saturated rings. The third-order valence-electron chi connectivity index (χ3n) is 3.36. The maximum Gasteiger partial charge on any atom is 0.407 e. The van der Waals surface area contributed by atoms with Crippen LogP contribution in [0.25, 0.3) is 0 Å². The predicted molar refractivity (Wildman–Crippen MR) is 76.6 cm³/mol. The highest BCUT2D eigenvalue weighted by Gasteiger charge is 2.60. The lowest BCUT2D eigenvalue weighted by Crippen LogP contribution is -2.74. The second-order valence-electron chi connectivity index (χ2n) is 4.60. The minimum atomic E-state index is -3.76. The Morgan fingerprint density at radius 1 is 1.36 bits per heavy atom. The van der Waals surface area contributed by atoms with Gasteiger partial charge in [-0.3, -0.25) is 9.69 Å². The molecule has 2 atom stereocenters. The molecule has 2 amide bonds. The fraction of sp³-hybridized carbons (Fsp3) is 0.545. The molecular weight excluding hydrogens is 384 g/mol. The SMILES string of the molecule is COC(=O)NC1C(=O)N2C(C(=O)OC)=C(CBr)CS(=O)(=O)[C@H]12. The average Bonchev–Trinajstić information content (AvgIpc) is 2.49. The Morgan fingerprint density at radius 2 is 2.00 bits per heavy atom. The smallest absolute Gasteiger partial charge is 0.407 e. The molecule has 0 spiro atoms. The number of hydrogen-bond donors (Lipinski definition) is 1. The van der Waals surface area contributed by atoms with E-state index in [-0.39, 0.29) is 16.6 Å². The van der Waals surface area contributed by atoms with E-state index in [0.717, 1.165) is 19.1 Å².